The van der Waals surface area contributed by atoms with Crippen LogP contribution in [0.15, 0.2) is 40.1 Å². The van der Waals surface area contributed by atoms with E-state index < -0.39 is 10.0 Å². The maximum Gasteiger partial charge on any atom is 0.242 e. The Morgan fingerprint density at radius 2 is 2.25 bits per heavy atom. The number of hydrogen-bond donors (Lipinski definition) is 1. The predicted molar refractivity (Wildman–Crippen MR) is 76.8 cm³/mol. The van der Waals surface area contributed by atoms with Gasteiger partial charge in [-0.05, 0) is 47.9 Å². The van der Waals surface area contributed by atoms with Crippen molar-refractivity contribution in [3.05, 3.63) is 46.4 Å². The molecule has 0 saturated carbocycles. The summed E-state index contributed by atoms with van der Waals surface area (Å²) in [6.07, 6.45) is 1.82. The van der Waals surface area contributed by atoms with Gasteiger partial charge in [0.1, 0.15) is 16.7 Å². The summed E-state index contributed by atoms with van der Waals surface area (Å²) in [4.78, 5) is 3.83. The molecular weight excluding hydrogens is 294 g/mol. The summed E-state index contributed by atoms with van der Waals surface area (Å²) in [5.74, 6) is 0. The summed E-state index contributed by atoms with van der Waals surface area (Å²) in [7, 11) is -3.61. The highest BCUT2D eigenvalue weighted by atomic mass is 32.2. The molecule has 104 valence electrons. The van der Waals surface area contributed by atoms with Crippen molar-refractivity contribution in [2.24, 2.45) is 0 Å². The van der Waals surface area contributed by atoms with E-state index in [1.807, 2.05) is 29.8 Å². The molecule has 0 spiro atoms. The summed E-state index contributed by atoms with van der Waals surface area (Å²) >= 11 is 1.58. The third-order valence-corrected chi connectivity index (χ3v) is 4.95. The lowest BCUT2D eigenvalue weighted by atomic mass is 10.1. The molecule has 0 aliphatic rings. The summed E-state index contributed by atoms with van der Waals surface area (Å²) in [5, 5.41) is 12.6. The van der Waals surface area contributed by atoms with Crippen LogP contribution in [0.4, 0.5) is 0 Å². The van der Waals surface area contributed by atoms with Crippen LogP contribution in [0.5, 0.6) is 0 Å². The van der Waals surface area contributed by atoms with Gasteiger partial charge in [0, 0.05) is 12.2 Å². The highest BCUT2D eigenvalue weighted by Gasteiger charge is 2.18. The lowest BCUT2D eigenvalue weighted by molar-refractivity contribution is 0.559. The van der Waals surface area contributed by atoms with E-state index >= 15 is 0 Å². The molecule has 0 radical (unpaired) electrons. The van der Waals surface area contributed by atoms with Gasteiger partial charge in [-0.3, -0.25) is 0 Å². The zero-order valence-corrected chi connectivity index (χ0v) is 12.4. The minimum atomic E-state index is -3.61. The number of sulfonamides is 1. The van der Waals surface area contributed by atoms with Crippen molar-refractivity contribution in [2.45, 2.75) is 24.3 Å². The second-order valence-electron chi connectivity index (χ2n) is 4.35. The molecule has 1 atom stereocenters. The standard InChI is InChI=1S/C13H13N3O2S2/c1-10(6-11-4-5-19-9-11)16-20(17,18)13-3-2-12(7-14)15-8-13/h2-5,8-10,16H,6H2,1H3. The molecule has 0 aliphatic carbocycles. The highest BCUT2D eigenvalue weighted by molar-refractivity contribution is 7.89. The molecule has 0 aliphatic heterocycles. The quantitative estimate of drug-likeness (QED) is 0.915. The fourth-order valence-electron chi connectivity index (χ4n) is 1.74. The van der Waals surface area contributed by atoms with Crippen molar-refractivity contribution in [1.29, 1.82) is 5.26 Å². The smallest absolute Gasteiger partial charge is 0.242 e. The van der Waals surface area contributed by atoms with Crippen LogP contribution in [0.1, 0.15) is 18.2 Å². The fraction of sp³-hybridized carbons (Fsp3) is 0.231. The molecule has 20 heavy (non-hydrogen) atoms. The van der Waals surface area contributed by atoms with Gasteiger partial charge in [0.2, 0.25) is 10.0 Å². The largest absolute Gasteiger partial charge is 0.244 e. The first kappa shape index (κ1) is 14.7. The van der Waals surface area contributed by atoms with Gasteiger partial charge in [-0.25, -0.2) is 18.1 Å². The molecule has 2 aromatic rings. The first-order valence-corrected chi connectivity index (χ1v) is 8.33. The van der Waals surface area contributed by atoms with Gasteiger partial charge in [-0.2, -0.15) is 16.6 Å². The van der Waals surface area contributed by atoms with Gasteiger partial charge in [-0.1, -0.05) is 0 Å². The van der Waals surface area contributed by atoms with Gasteiger partial charge >= 0.3 is 0 Å². The van der Waals surface area contributed by atoms with Crippen LogP contribution in [-0.2, 0) is 16.4 Å². The van der Waals surface area contributed by atoms with Crippen LogP contribution < -0.4 is 4.72 Å². The van der Waals surface area contributed by atoms with E-state index in [0.717, 1.165) is 5.56 Å². The van der Waals surface area contributed by atoms with E-state index in [-0.39, 0.29) is 16.6 Å². The SMILES string of the molecule is CC(Cc1ccsc1)NS(=O)(=O)c1ccc(C#N)nc1. The molecular formula is C13H13N3O2S2. The van der Waals surface area contributed by atoms with E-state index in [9.17, 15) is 8.42 Å². The van der Waals surface area contributed by atoms with Gasteiger partial charge in [0.25, 0.3) is 0 Å². The Balaban J connectivity index is 2.08. The van der Waals surface area contributed by atoms with Crippen LogP contribution >= 0.6 is 11.3 Å². The van der Waals surface area contributed by atoms with Gasteiger partial charge in [-0.15, -0.1) is 0 Å². The number of thiophene rings is 1. The van der Waals surface area contributed by atoms with E-state index in [0.29, 0.717) is 6.42 Å². The Morgan fingerprint density at radius 3 is 2.80 bits per heavy atom. The molecule has 2 aromatic heterocycles. The van der Waals surface area contributed by atoms with Crippen molar-refractivity contribution in [2.75, 3.05) is 0 Å². The summed E-state index contributed by atoms with van der Waals surface area (Å²) in [6, 6.07) is 6.37. The van der Waals surface area contributed by atoms with Crippen LogP contribution in [-0.4, -0.2) is 19.4 Å². The predicted octanol–water partition coefficient (Wildman–Crippen LogP) is 1.92. The van der Waals surface area contributed by atoms with Crippen molar-refractivity contribution in [1.82, 2.24) is 9.71 Å². The Bertz CT molecular complexity index is 701. The highest BCUT2D eigenvalue weighted by Crippen LogP contribution is 2.12. The topological polar surface area (TPSA) is 82.9 Å². The maximum atomic E-state index is 12.1. The number of aromatic nitrogens is 1. The molecule has 1 N–H and O–H groups in total. The zero-order chi connectivity index (χ0) is 14.6. The van der Waals surface area contributed by atoms with Crippen molar-refractivity contribution in [3.8, 4) is 6.07 Å². The Morgan fingerprint density at radius 1 is 1.45 bits per heavy atom. The number of nitrogens with one attached hydrogen (secondary N) is 1. The number of rotatable bonds is 5. The van der Waals surface area contributed by atoms with E-state index in [4.69, 9.17) is 5.26 Å². The monoisotopic (exact) mass is 307 g/mol. The van der Waals surface area contributed by atoms with Crippen molar-refractivity contribution < 1.29 is 8.42 Å². The molecule has 2 rings (SSSR count). The molecule has 0 amide bonds. The summed E-state index contributed by atoms with van der Waals surface area (Å²) in [5.41, 5.74) is 1.29. The fourth-order valence-corrected chi connectivity index (χ4v) is 3.61. The van der Waals surface area contributed by atoms with E-state index in [1.165, 1.54) is 18.3 Å². The molecule has 7 heteroatoms. The molecule has 0 aromatic carbocycles. The zero-order valence-electron chi connectivity index (χ0n) is 10.8. The average molecular weight is 307 g/mol. The molecule has 0 fully saturated rings. The van der Waals surface area contributed by atoms with Gasteiger partial charge in [0.15, 0.2) is 0 Å². The minimum Gasteiger partial charge on any atom is -0.244 e. The molecule has 2 heterocycles. The third-order valence-electron chi connectivity index (χ3n) is 2.64. The molecule has 5 nitrogen and oxygen atoms in total. The maximum absolute atomic E-state index is 12.1. The molecule has 0 bridgehead atoms. The van der Waals surface area contributed by atoms with Crippen LogP contribution in [0, 0.1) is 11.3 Å². The number of hydrogen-bond acceptors (Lipinski definition) is 5. The first-order valence-electron chi connectivity index (χ1n) is 5.91. The lowest BCUT2D eigenvalue weighted by Gasteiger charge is -2.13. The van der Waals surface area contributed by atoms with Crippen LogP contribution in [0.3, 0.4) is 0 Å². The minimum absolute atomic E-state index is 0.0636. The van der Waals surface area contributed by atoms with Gasteiger partial charge < -0.3 is 0 Å². The van der Waals surface area contributed by atoms with Crippen LogP contribution in [0.2, 0.25) is 0 Å². The Kier molecular flexibility index (Phi) is 4.49. The second-order valence-corrected chi connectivity index (χ2v) is 6.84. The van der Waals surface area contributed by atoms with E-state index in [2.05, 4.69) is 9.71 Å². The third kappa shape index (κ3) is 3.63. The number of nitrogens with zero attached hydrogens (tertiary/aromatic N) is 2. The normalized spacial score (nSPS) is 12.8. The Hall–Kier alpha value is -1.75. The molecule has 0 saturated heterocycles. The van der Waals surface area contributed by atoms with Crippen molar-refractivity contribution >= 4 is 21.4 Å². The molecule has 1 unspecified atom stereocenters. The average Bonchev–Trinajstić information content (AvgIpc) is 2.91. The summed E-state index contributed by atoms with van der Waals surface area (Å²) in [6.45, 7) is 1.81. The first-order chi connectivity index (χ1) is 9.51. The second kappa shape index (κ2) is 6.13. The van der Waals surface area contributed by atoms with Gasteiger partial charge in [0.05, 0.1) is 0 Å². The summed E-state index contributed by atoms with van der Waals surface area (Å²) < 4.78 is 26.9. The van der Waals surface area contributed by atoms with Crippen molar-refractivity contribution in [3.63, 3.8) is 0 Å². The lowest BCUT2D eigenvalue weighted by Crippen LogP contribution is -2.34. The number of pyridine rings is 1. The van der Waals surface area contributed by atoms with E-state index in [1.54, 1.807) is 11.3 Å². The Labute approximate surface area is 122 Å². The van der Waals surface area contributed by atoms with Crippen LogP contribution in [0.25, 0.3) is 0 Å². The number of nitriles is 1.